The third-order valence-corrected chi connectivity index (χ3v) is 4.99. The number of carboxylic acids is 1. The molecule has 0 radical (unpaired) electrons. The maximum absolute atomic E-state index is 12.2. The molecular formula is C12H19N3O5S. The number of carbonyl (C=O) groups is 2. The lowest BCUT2D eigenvalue weighted by molar-refractivity contribution is -0.138. The largest absolute Gasteiger partial charge is 0.480 e. The molecule has 118 valence electrons. The number of rotatable bonds is 7. The zero-order valence-corrected chi connectivity index (χ0v) is 12.9. The second kappa shape index (κ2) is 6.72. The maximum atomic E-state index is 12.2. The summed E-state index contributed by atoms with van der Waals surface area (Å²) in [6.07, 6.45) is 1.22. The third-order valence-electron chi connectivity index (χ3n) is 2.96. The summed E-state index contributed by atoms with van der Waals surface area (Å²) in [5.41, 5.74) is -0.00571. The van der Waals surface area contributed by atoms with Crippen LogP contribution in [0.15, 0.2) is 17.2 Å². The number of nitrogens with zero attached hydrogens (tertiary/aromatic N) is 1. The number of carbonyl (C=O) groups excluding carboxylic acids is 1. The highest BCUT2D eigenvalue weighted by Gasteiger charge is 2.24. The van der Waals surface area contributed by atoms with Crippen LogP contribution in [0.4, 0.5) is 0 Å². The van der Waals surface area contributed by atoms with Gasteiger partial charge in [-0.1, -0.05) is 13.8 Å². The molecule has 0 saturated carbocycles. The first kappa shape index (κ1) is 17.2. The zero-order chi connectivity index (χ0) is 16.2. The third kappa shape index (κ3) is 3.82. The fraction of sp³-hybridized carbons (Fsp3) is 0.500. The molecule has 1 aromatic heterocycles. The number of sulfonamides is 1. The normalized spacial score (nSPS) is 13.1. The lowest BCUT2D eigenvalue weighted by Crippen LogP contribution is -2.38. The molecule has 0 aliphatic carbocycles. The van der Waals surface area contributed by atoms with Crippen molar-refractivity contribution in [1.29, 1.82) is 0 Å². The van der Waals surface area contributed by atoms with Crippen LogP contribution in [0.25, 0.3) is 0 Å². The minimum absolute atomic E-state index is 0.00571. The van der Waals surface area contributed by atoms with E-state index in [2.05, 4.69) is 10.3 Å². The fourth-order valence-electron chi connectivity index (χ4n) is 1.70. The van der Waals surface area contributed by atoms with Crippen LogP contribution in [0.1, 0.15) is 31.3 Å². The molecule has 0 aliphatic rings. The average Bonchev–Trinajstić information content (AvgIpc) is 2.89. The minimum Gasteiger partial charge on any atom is -0.480 e. The van der Waals surface area contributed by atoms with Crippen molar-refractivity contribution in [2.75, 3.05) is 13.1 Å². The molecule has 0 fully saturated rings. The van der Waals surface area contributed by atoms with E-state index in [0.717, 1.165) is 0 Å². The molecule has 0 unspecified atom stereocenters. The molecule has 3 N–H and O–H groups in total. The molecule has 8 nitrogen and oxygen atoms in total. The summed E-state index contributed by atoms with van der Waals surface area (Å²) >= 11 is 0. The number of H-pyrrole nitrogens is 1. The van der Waals surface area contributed by atoms with Crippen LogP contribution in [-0.4, -0.2) is 53.8 Å². The molecule has 1 atom stereocenters. The van der Waals surface area contributed by atoms with Gasteiger partial charge in [0.1, 0.15) is 16.6 Å². The number of hydrogen-bond donors (Lipinski definition) is 3. The van der Waals surface area contributed by atoms with E-state index >= 15 is 0 Å². The zero-order valence-electron chi connectivity index (χ0n) is 12.1. The van der Waals surface area contributed by atoms with Crippen molar-refractivity contribution in [1.82, 2.24) is 14.6 Å². The van der Waals surface area contributed by atoms with E-state index in [1.54, 1.807) is 13.8 Å². The lowest BCUT2D eigenvalue weighted by atomic mass is 10.3. The van der Waals surface area contributed by atoms with Crippen LogP contribution < -0.4 is 5.32 Å². The van der Waals surface area contributed by atoms with Gasteiger partial charge in [-0.15, -0.1) is 0 Å². The highest BCUT2D eigenvalue weighted by molar-refractivity contribution is 7.89. The molecule has 1 heterocycles. The predicted molar refractivity (Wildman–Crippen MR) is 75.5 cm³/mol. The van der Waals surface area contributed by atoms with Crippen molar-refractivity contribution in [3.8, 4) is 0 Å². The number of aromatic amines is 1. The number of aliphatic carboxylic acids is 1. The van der Waals surface area contributed by atoms with Crippen molar-refractivity contribution in [3.63, 3.8) is 0 Å². The van der Waals surface area contributed by atoms with E-state index in [4.69, 9.17) is 5.11 Å². The van der Waals surface area contributed by atoms with Crippen LogP contribution in [0.3, 0.4) is 0 Å². The number of hydrogen-bond acceptors (Lipinski definition) is 4. The summed E-state index contributed by atoms with van der Waals surface area (Å²) < 4.78 is 25.7. The smallest absolute Gasteiger partial charge is 0.325 e. The van der Waals surface area contributed by atoms with E-state index in [9.17, 15) is 18.0 Å². The van der Waals surface area contributed by atoms with Gasteiger partial charge in [0.25, 0.3) is 5.91 Å². The monoisotopic (exact) mass is 317 g/mol. The van der Waals surface area contributed by atoms with Crippen LogP contribution in [0.2, 0.25) is 0 Å². The summed E-state index contributed by atoms with van der Waals surface area (Å²) in [7, 11) is -3.65. The molecule has 0 aromatic carbocycles. The Labute approximate surface area is 123 Å². The fourth-order valence-corrected chi connectivity index (χ4v) is 3.16. The summed E-state index contributed by atoms with van der Waals surface area (Å²) in [5, 5.41) is 11.0. The van der Waals surface area contributed by atoms with Gasteiger partial charge in [-0.25, -0.2) is 8.42 Å². The van der Waals surface area contributed by atoms with Crippen molar-refractivity contribution in [2.45, 2.75) is 31.7 Å². The molecule has 1 aromatic rings. The Hall–Kier alpha value is -1.87. The highest BCUT2D eigenvalue weighted by Crippen LogP contribution is 2.16. The van der Waals surface area contributed by atoms with Gasteiger partial charge in [-0.2, -0.15) is 4.31 Å². The van der Waals surface area contributed by atoms with Gasteiger partial charge in [0, 0.05) is 19.3 Å². The first-order valence-electron chi connectivity index (χ1n) is 6.46. The van der Waals surface area contributed by atoms with E-state index < -0.39 is 27.9 Å². The molecular weight excluding hydrogens is 298 g/mol. The Balaban J connectivity index is 2.96. The lowest BCUT2D eigenvalue weighted by Gasteiger charge is -2.16. The van der Waals surface area contributed by atoms with Gasteiger partial charge in [0.15, 0.2) is 0 Å². The van der Waals surface area contributed by atoms with Gasteiger partial charge >= 0.3 is 5.97 Å². The van der Waals surface area contributed by atoms with E-state index in [-0.39, 0.29) is 10.6 Å². The Morgan fingerprint density at radius 2 is 1.95 bits per heavy atom. The van der Waals surface area contributed by atoms with Crippen molar-refractivity contribution < 1.29 is 23.1 Å². The van der Waals surface area contributed by atoms with Crippen molar-refractivity contribution in [3.05, 3.63) is 18.0 Å². The van der Waals surface area contributed by atoms with E-state index in [1.807, 2.05) is 0 Å². The Morgan fingerprint density at radius 1 is 1.38 bits per heavy atom. The number of amides is 1. The van der Waals surface area contributed by atoms with E-state index in [1.165, 1.54) is 23.5 Å². The summed E-state index contributed by atoms with van der Waals surface area (Å²) in [5.74, 6) is -1.85. The molecule has 9 heteroatoms. The SMILES string of the molecule is CCN(CC)S(=O)(=O)c1c[nH]c(C(=O)N[C@@H](C)C(=O)O)c1. The van der Waals surface area contributed by atoms with Gasteiger partial charge in [-0.3, -0.25) is 9.59 Å². The molecule has 0 aliphatic heterocycles. The standard InChI is InChI=1S/C12H19N3O5S/c1-4-15(5-2)21(19,20)9-6-10(13-7-9)11(16)14-8(3)12(17)18/h6-8,13H,4-5H2,1-3H3,(H,14,16)(H,17,18)/t8-/m0/s1. The van der Waals surface area contributed by atoms with Crippen LogP contribution >= 0.6 is 0 Å². The first-order valence-corrected chi connectivity index (χ1v) is 7.90. The molecule has 21 heavy (non-hydrogen) atoms. The molecule has 0 bridgehead atoms. The van der Waals surface area contributed by atoms with Crippen LogP contribution in [0.5, 0.6) is 0 Å². The van der Waals surface area contributed by atoms with Gasteiger partial charge in [0.05, 0.1) is 0 Å². The van der Waals surface area contributed by atoms with Crippen LogP contribution in [-0.2, 0) is 14.8 Å². The molecule has 0 spiro atoms. The molecule has 1 rings (SSSR count). The summed E-state index contributed by atoms with van der Waals surface area (Å²) in [6, 6.07) is 0.126. The number of carboxylic acid groups (broad SMARTS) is 1. The minimum atomic E-state index is -3.65. The quantitative estimate of drug-likeness (QED) is 0.666. The summed E-state index contributed by atoms with van der Waals surface area (Å²) in [6.45, 7) is 5.39. The highest BCUT2D eigenvalue weighted by atomic mass is 32.2. The van der Waals surface area contributed by atoms with Gasteiger partial charge in [0.2, 0.25) is 10.0 Å². The Morgan fingerprint density at radius 3 is 2.43 bits per heavy atom. The molecule has 0 saturated heterocycles. The summed E-state index contributed by atoms with van der Waals surface area (Å²) in [4.78, 5) is 25.0. The average molecular weight is 317 g/mol. The number of aromatic nitrogens is 1. The van der Waals surface area contributed by atoms with Crippen molar-refractivity contribution >= 4 is 21.9 Å². The predicted octanol–water partition coefficient (Wildman–Crippen LogP) is 0.248. The van der Waals surface area contributed by atoms with E-state index in [0.29, 0.717) is 13.1 Å². The Kier molecular flexibility index (Phi) is 5.50. The van der Waals surface area contributed by atoms with Gasteiger partial charge < -0.3 is 15.4 Å². The Bertz CT molecular complexity index is 619. The van der Waals surface area contributed by atoms with Crippen molar-refractivity contribution in [2.24, 2.45) is 0 Å². The number of nitrogens with one attached hydrogen (secondary N) is 2. The van der Waals surface area contributed by atoms with Gasteiger partial charge in [-0.05, 0) is 13.0 Å². The second-order valence-electron chi connectivity index (χ2n) is 4.37. The van der Waals surface area contributed by atoms with Crippen LogP contribution in [0, 0.1) is 0 Å². The molecule has 1 amide bonds. The first-order chi connectivity index (χ1) is 9.73. The second-order valence-corrected chi connectivity index (χ2v) is 6.31. The maximum Gasteiger partial charge on any atom is 0.325 e. The topological polar surface area (TPSA) is 120 Å².